The van der Waals surface area contributed by atoms with Gasteiger partial charge in [0, 0.05) is 24.3 Å². The summed E-state index contributed by atoms with van der Waals surface area (Å²) in [5.41, 5.74) is 4.85. The average molecular weight is 479 g/mol. The van der Waals surface area contributed by atoms with Gasteiger partial charge in [-0.1, -0.05) is 62.4 Å². The maximum atomic E-state index is 12.9. The van der Waals surface area contributed by atoms with Gasteiger partial charge in [-0.15, -0.1) is 11.3 Å². The Morgan fingerprint density at radius 3 is 2.53 bits per heavy atom. The molecule has 6 nitrogen and oxygen atoms in total. The Morgan fingerprint density at radius 2 is 1.82 bits per heavy atom. The third-order valence-electron chi connectivity index (χ3n) is 5.82. The van der Waals surface area contributed by atoms with E-state index in [4.69, 9.17) is 9.47 Å². The second kappa shape index (κ2) is 10.8. The molecular weight excluding hydrogens is 448 g/mol. The number of carbonyl (C=O) groups is 2. The Morgan fingerprint density at radius 1 is 1.09 bits per heavy atom. The average Bonchev–Trinajstić information content (AvgIpc) is 3.30. The minimum absolute atomic E-state index is 0.263. The Kier molecular flexibility index (Phi) is 7.65. The molecule has 2 aromatic carbocycles. The predicted molar refractivity (Wildman–Crippen MR) is 137 cm³/mol. The zero-order chi connectivity index (χ0) is 24.1. The number of carbonyl (C=O) groups excluding carboxylic acids is 2. The second-order valence-electron chi connectivity index (χ2n) is 8.61. The number of nitrogens with one attached hydrogen (secondary N) is 1. The number of hydrogen-bond donors (Lipinski definition) is 1. The molecule has 0 unspecified atom stereocenters. The number of morpholine rings is 1. The molecule has 1 aliphatic rings. The zero-order valence-electron chi connectivity index (χ0n) is 19.8. The topological polar surface area (TPSA) is 67.9 Å². The summed E-state index contributed by atoms with van der Waals surface area (Å²) in [6, 6.07) is 17.8. The fraction of sp³-hybridized carbons (Fsp3) is 0.333. The third kappa shape index (κ3) is 5.48. The number of anilines is 2. The van der Waals surface area contributed by atoms with E-state index >= 15 is 0 Å². The molecule has 34 heavy (non-hydrogen) atoms. The van der Waals surface area contributed by atoms with Crippen molar-refractivity contribution in [3.8, 4) is 11.1 Å². The summed E-state index contributed by atoms with van der Waals surface area (Å²) >= 11 is 1.40. The minimum Gasteiger partial charge on any atom is -0.451 e. The smallest absolute Gasteiger partial charge is 0.348 e. The number of ether oxygens (including phenoxy) is 2. The standard InChI is InChI=1S/C27H30N2O4S/c1-18(2)21-11-7-8-19(3)25(21)28-24(30)17-33-27(31)23-16-22(20-9-5-4-6-10-20)26(34-23)29-12-14-32-15-13-29/h4-11,16,18H,12-15,17H2,1-3H3,(H,28,30). The predicted octanol–water partition coefficient (Wildman–Crippen LogP) is 5.48. The SMILES string of the molecule is Cc1cccc(C(C)C)c1NC(=O)COC(=O)c1cc(-c2ccccc2)c(N2CCOCC2)s1. The van der Waals surface area contributed by atoms with E-state index in [-0.39, 0.29) is 18.4 Å². The van der Waals surface area contributed by atoms with E-state index in [1.54, 1.807) is 0 Å². The highest BCUT2D eigenvalue weighted by Gasteiger charge is 2.23. The lowest BCUT2D eigenvalue weighted by Gasteiger charge is -2.28. The molecule has 2 heterocycles. The van der Waals surface area contributed by atoms with Gasteiger partial charge in [-0.3, -0.25) is 4.79 Å². The molecule has 3 aromatic rings. The van der Waals surface area contributed by atoms with Crippen LogP contribution in [0.2, 0.25) is 0 Å². The summed E-state index contributed by atoms with van der Waals surface area (Å²) in [6.45, 7) is 8.63. The van der Waals surface area contributed by atoms with E-state index in [0.29, 0.717) is 18.1 Å². The first kappa shape index (κ1) is 24.0. The molecule has 0 saturated carbocycles. The number of esters is 1. The normalized spacial score (nSPS) is 13.7. The molecule has 0 bridgehead atoms. The first-order valence-electron chi connectivity index (χ1n) is 11.5. The lowest BCUT2D eigenvalue weighted by Crippen LogP contribution is -2.35. The van der Waals surface area contributed by atoms with Crippen molar-refractivity contribution >= 4 is 33.9 Å². The van der Waals surface area contributed by atoms with Crippen molar-refractivity contribution in [3.05, 3.63) is 70.6 Å². The molecule has 0 radical (unpaired) electrons. The van der Waals surface area contributed by atoms with Crippen molar-refractivity contribution in [2.75, 3.05) is 43.1 Å². The van der Waals surface area contributed by atoms with Gasteiger partial charge in [0.15, 0.2) is 6.61 Å². The van der Waals surface area contributed by atoms with Gasteiger partial charge in [0.1, 0.15) is 4.88 Å². The lowest BCUT2D eigenvalue weighted by atomic mass is 9.98. The van der Waals surface area contributed by atoms with E-state index in [9.17, 15) is 9.59 Å². The van der Waals surface area contributed by atoms with Gasteiger partial charge in [0.2, 0.25) is 0 Å². The second-order valence-corrected chi connectivity index (χ2v) is 9.64. The molecule has 0 atom stereocenters. The molecular formula is C27H30N2O4S. The molecule has 7 heteroatoms. The largest absolute Gasteiger partial charge is 0.451 e. The van der Waals surface area contributed by atoms with Gasteiger partial charge in [-0.2, -0.15) is 0 Å². The number of aryl methyl sites for hydroxylation is 1. The summed E-state index contributed by atoms with van der Waals surface area (Å²) in [4.78, 5) is 28.2. The molecule has 178 valence electrons. The Bertz CT molecular complexity index is 1150. The highest BCUT2D eigenvalue weighted by molar-refractivity contribution is 7.18. The van der Waals surface area contributed by atoms with Gasteiger partial charge < -0.3 is 19.7 Å². The van der Waals surface area contributed by atoms with Crippen molar-refractivity contribution in [2.24, 2.45) is 0 Å². The van der Waals surface area contributed by atoms with Gasteiger partial charge in [0.25, 0.3) is 5.91 Å². The van der Waals surface area contributed by atoms with Gasteiger partial charge in [-0.25, -0.2) is 4.79 Å². The Labute approximate surface area is 204 Å². The monoisotopic (exact) mass is 478 g/mol. The minimum atomic E-state index is -0.495. The number of para-hydroxylation sites is 1. The lowest BCUT2D eigenvalue weighted by molar-refractivity contribution is -0.119. The molecule has 1 saturated heterocycles. The van der Waals surface area contributed by atoms with Crippen molar-refractivity contribution in [3.63, 3.8) is 0 Å². The Hall–Kier alpha value is -3.16. The van der Waals surface area contributed by atoms with Crippen molar-refractivity contribution < 1.29 is 19.1 Å². The summed E-state index contributed by atoms with van der Waals surface area (Å²) in [7, 11) is 0. The maximum absolute atomic E-state index is 12.9. The van der Waals surface area contributed by atoms with Crippen LogP contribution in [0.1, 0.15) is 40.6 Å². The summed E-state index contributed by atoms with van der Waals surface area (Å²) in [5.74, 6) is -0.581. The molecule has 4 rings (SSSR count). The number of amides is 1. The number of benzene rings is 2. The summed E-state index contributed by atoms with van der Waals surface area (Å²) in [6.07, 6.45) is 0. The van der Waals surface area contributed by atoms with Crippen LogP contribution in [0.3, 0.4) is 0 Å². The molecule has 1 aliphatic heterocycles. The highest BCUT2D eigenvalue weighted by atomic mass is 32.1. The van der Waals surface area contributed by atoms with E-state index in [2.05, 4.69) is 24.1 Å². The fourth-order valence-corrected chi connectivity index (χ4v) is 5.15. The van der Waals surface area contributed by atoms with E-state index in [1.807, 2.05) is 61.5 Å². The first-order chi connectivity index (χ1) is 16.4. The molecule has 1 amide bonds. The molecule has 1 aromatic heterocycles. The van der Waals surface area contributed by atoms with Crippen LogP contribution >= 0.6 is 11.3 Å². The van der Waals surface area contributed by atoms with Crippen molar-refractivity contribution in [1.82, 2.24) is 0 Å². The number of rotatable bonds is 7. The first-order valence-corrected chi connectivity index (χ1v) is 12.3. The van der Waals surface area contributed by atoms with E-state index in [0.717, 1.165) is 46.0 Å². The zero-order valence-corrected chi connectivity index (χ0v) is 20.6. The maximum Gasteiger partial charge on any atom is 0.348 e. The molecule has 0 aliphatic carbocycles. The van der Waals surface area contributed by atoms with Gasteiger partial charge >= 0.3 is 5.97 Å². The van der Waals surface area contributed by atoms with Crippen LogP contribution in [0.15, 0.2) is 54.6 Å². The molecule has 1 fully saturated rings. The van der Waals surface area contributed by atoms with Crippen LogP contribution in [0.5, 0.6) is 0 Å². The van der Waals surface area contributed by atoms with Gasteiger partial charge in [-0.05, 0) is 35.6 Å². The van der Waals surface area contributed by atoms with Crippen LogP contribution in [-0.2, 0) is 14.3 Å². The van der Waals surface area contributed by atoms with Crippen molar-refractivity contribution in [1.29, 1.82) is 0 Å². The number of hydrogen-bond acceptors (Lipinski definition) is 6. The van der Waals surface area contributed by atoms with Crippen LogP contribution in [0.4, 0.5) is 10.7 Å². The Balaban J connectivity index is 1.48. The van der Waals surface area contributed by atoms with Crippen LogP contribution < -0.4 is 10.2 Å². The summed E-state index contributed by atoms with van der Waals surface area (Å²) in [5, 5.41) is 3.95. The number of nitrogens with zero attached hydrogens (tertiary/aromatic N) is 1. The van der Waals surface area contributed by atoms with Crippen LogP contribution in [-0.4, -0.2) is 44.8 Å². The summed E-state index contributed by atoms with van der Waals surface area (Å²) < 4.78 is 10.9. The fourth-order valence-electron chi connectivity index (χ4n) is 4.03. The quantitative estimate of drug-likeness (QED) is 0.456. The molecule has 1 N–H and O–H groups in total. The van der Waals surface area contributed by atoms with E-state index in [1.165, 1.54) is 11.3 Å². The van der Waals surface area contributed by atoms with E-state index < -0.39 is 5.97 Å². The highest BCUT2D eigenvalue weighted by Crippen LogP contribution is 2.39. The number of thiophene rings is 1. The van der Waals surface area contributed by atoms with Crippen molar-refractivity contribution in [2.45, 2.75) is 26.7 Å². The van der Waals surface area contributed by atoms with Gasteiger partial charge in [0.05, 0.1) is 18.2 Å². The molecule has 0 spiro atoms. The van der Waals surface area contributed by atoms with Crippen LogP contribution in [0, 0.1) is 6.92 Å². The third-order valence-corrected chi connectivity index (χ3v) is 7.00. The van der Waals surface area contributed by atoms with Crippen LogP contribution in [0.25, 0.3) is 11.1 Å².